The van der Waals surface area contributed by atoms with Crippen LogP contribution in [0.1, 0.15) is 5.56 Å². The van der Waals surface area contributed by atoms with Gasteiger partial charge in [-0.05, 0) is 6.07 Å². The van der Waals surface area contributed by atoms with Crippen molar-refractivity contribution in [3.8, 4) is 0 Å². The zero-order valence-corrected chi connectivity index (χ0v) is 14.0. The van der Waals surface area contributed by atoms with Gasteiger partial charge in [0, 0.05) is 39.3 Å². The second-order valence-corrected chi connectivity index (χ2v) is 5.92. The standard InChI is InChI=1S/C14H16ClF3N4O3/c1-19-13(23)8-20-2-4-21(5-3-20)11-7-10(15)9(14(16,17)18)6-12(11)22(24)25/h6-7H,2-5,8H2,1H3,(H,19,23). The monoisotopic (exact) mass is 380 g/mol. The Hall–Kier alpha value is -2.07. The van der Waals surface area contributed by atoms with Crippen LogP contribution in [0.5, 0.6) is 0 Å². The first-order valence-electron chi connectivity index (χ1n) is 7.36. The third-order valence-electron chi connectivity index (χ3n) is 3.93. The summed E-state index contributed by atoms with van der Waals surface area (Å²) in [5.41, 5.74) is -1.83. The molecule has 1 aromatic carbocycles. The molecule has 1 saturated heterocycles. The van der Waals surface area contributed by atoms with E-state index < -0.39 is 27.4 Å². The molecule has 11 heteroatoms. The van der Waals surface area contributed by atoms with Crippen LogP contribution in [0.3, 0.4) is 0 Å². The lowest BCUT2D eigenvalue weighted by atomic mass is 10.1. The van der Waals surface area contributed by atoms with E-state index in [-0.39, 0.29) is 18.1 Å². The molecule has 0 saturated carbocycles. The topological polar surface area (TPSA) is 78.7 Å². The van der Waals surface area contributed by atoms with Gasteiger partial charge >= 0.3 is 6.18 Å². The number of hydrogen-bond donors (Lipinski definition) is 1. The molecule has 0 atom stereocenters. The third-order valence-corrected chi connectivity index (χ3v) is 4.24. The Labute approximate surface area is 146 Å². The molecule has 138 valence electrons. The maximum absolute atomic E-state index is 12.9. The van der Waals surface area contributed by atoms with Crippen molar-refractivity contribution in [2.45, 2.75) is 6.18 Å². The van der Waals surface area contributed by atoms with Gasteiger partial charge in [-0.3, -0.25) is 19.8 Å². The Kier molecular flexibility index (Phi) is 5.73. The first-order valence-corrected chi connectivity index (χ1v) is 7.74. The number of nitro groups is 1. The number of nitro benzene ring substituents is 1. The molecule has 0 spiro atoms. The van der Waals surface area contributed by atoms with E-state index in [1.165, 1.54) is 7.05 Å². The van der Waals surface area contributed by atoms with Gasteiger partial charge in [-0.2, -0.15) is 13.2 Å². The Morgan fingerprint density at radius 2 is 1.92 bits per heavy atom. The van der Waals surface area contributed by atoms with Gasteiger partial charge in [-0.1, -0.05) is 11.6 Å². The van der Waals surface area contributed by atoms with E-state index in [1.54, 1.807) is 4.90 Å². The third kappa shape index (κ3) is 4.51. The van der Waals surface area contributed by atoms with Crippen molar-refractivity contribution in [1.29, 1.82) is 0 Å². The summed E-state index contributed by atoms with van der Waals surface area (Å²) >= 11 is 5.69. The van der Waals surface area contributed by atoms with Crippen LogP contribution in [-0.2, 0) is 11.0 Å². The molecule has 1 aliphatic rings. The molecular formula is C14H16ClF3N4O3. The van der Waals surface area contributed by atoms with Gasteiger partial charge in [0.25, 0.3) is 5.69 Å². The van der Waals surface area contributed by atoms with Gasteiger partial charge in [-0.25, -0.2) is 0 Å². The van der Waals surface area contributed by atoms with Crippen molar-refractivity contribution >= 4 is 28.9 Å². The summed E-state index contributed by atoms with van der Waals surface area (Å²) in [4.78, 5) is 25.2. The molecule has 7 nitrogen and oxygen atoms in total. The first-order chi connectivity index (χ1) is 11.6. The van der Waals surface area contributed by atoms with E-state index in [0.717, 1.165) is 6.07 Å². The number of nitrogens with one attached hydrogen (secondary N) is 1. The SMILES string of the molecule is CNC(=O)CN1CCN(c2cc(Cl)c(C(F)(F)F)cc2[N+](=O)[O-])CC1. The van der Waals surface area contributed by atoms with Gasteiger partial charge < -0.3 is 10.2 Å². The number of amides is 1. The van der Waals surface area contributed by atoms with E-state index in [4.69, 9.17) is 11.6 Å². The van der Waals surface area contributed by atoms with Crippen molar-refractivity contribution in [3.63, 3.8) is 0 Å². The molecule has 0 aromatic heterocycles. The zero-order valence-electron chi connectivity index (χ0n) is 13.3. The van der Waals surface area contributed by atoms with Crippen molar-refractivity contribution < 1.29 is 22.9 Å². The van der Waals surface area contributed by atoms with Crippen LogP contribution in [0.4, 0.5) is 24.5 Å². The Morgan fingerprint density at radius 3 is 2.40 bits per heavy atom. The Morgan fingerprint density at radius 1 is 1.32 bits per heavy atom. The number of carbonyl (C=O) groups is 1. The number of hydrogen-bond acceptors (Lipinski definition) is 5. The molecule has 1 heterocycles. The number of benzene rings is 1. The van der Waals surface area contributed by atoms with Crippen LogP contribution in [-0.4, -0.2) is 55.5 Å². The molecule has 25 heavy (non-hydrogen) atoms. The summed E-state index contributed by atoms with van der Waals surface area (Å²) < 4.78 is 38.7. The van der Waals surface area contributed by atoms with Gasteiger partial charge in [0.2, 0.25) is 5.91 Å². The number of piperazine rings is 1. The molecule has 0 bridgehead atoms. The van der Waals surface area contributed by atoms with Gasteiger partial charge in [0.15, 0.2) is 0 Å². The smallest absolute Gasteiger partial charge is 0.363 e. The maximum atomic E-state index is 12.9. The highest BCUT2D eigenvalue weighted by atomic mass is 35.5. The number of halogens is 4. The normalized spacial score (nSPS) is 16.0. The van der Waals surface area contributed by atoms with Crippen LogP contribution in [0.25, 0.3) is 0 Å². The average Bonchev–Trinajstić information content (AvgIpc) is 2.53. The number of likely N-dealkylation sites (N-methyl/N-ethyl adjacent to an activating group) is 1. The summed E-state index contributed by atoms with van der Waals surface area (Å²) in [6.45, 7) is 1.76. The lowest BCUT2D eigenvalue weighted by Crippen LogP contribution is -2.49. The van der Waals surface area contributed by atoms with Crippen molar-refractivity contribution in [2.75, 3.05) is 44.7 Å². The summed E-state index contributed by atoms with van der Waals surface area (Å²) in [5.74, 6) is -0.156. The largest absolute Gasteiger partial charge is 0.418 e. The molecule has 1 aliphatic heterocycles. The van der Waals surface area contributed by atoms with E-state index >= 15 is 0 Å². The predicted molar refractivity (Wildman–Crippen MR) is 85.8 cm³/mol. The van der Waals surface area contributed by atoms with Crippen molar-refractivity contribution in [3.05, 3.63) is 32.8 Å². The van der Waals surface area contributed by atoms with E-state index in [0.29, 0.717) is 32.2 Å². The number of carbonyl (C=O) groups excluding carboxylic acids is 1. The van der Waals surface area contributed by atoms with Crippen LogP contribution >= 0.6 is 11.6 Å². The molecule has 1 amide bonds. The minimum Gasteiger partial charge on any atom is -0.363 e. The first kappa shape index (κ1) is 19.3. The predicted octanol–water partition coefficient (Wildman–Crippen LogP) is 2.13. The molecular weight excluding hydrogens is 365 g/mol. The second kappa shape index (κ2) is 7.44. The number of anilines is 1. The van der Waals surface area contributed by atoms with Gasteiger partial charge in [0.1, 0.15) is 5.69 Å². The highest BCUT2D eigenvalue weighted by molar-refractivity contribution is 6.31. The highest BCUT2D eigenvalue weighted by Gasteiger charge is 2.37. The van der Waals surface area contributed by atoms with Crippen molar-refractivity contribution in [2.24, 2.45) is 0 Å². The molecule has 1 aromatic rings. The molecule has 0 unspecified atom stereocenters. The minimum absolute atomic E-state index is 0.0441. The number of rotatable bonds is 4. The molecule has 0 aliphatic carbocycles. The zero-order chi connectivity index (χ0) is 18.8. The van der Waals surface area contributed by atoms with E-state index in [1.807, 2.05) is 4.90 Å². The molecule has 0 radical (unpaired) electrons. The lowest BCUT2D eigenvalue weighted by molar-refractivity contribution is -0.384. The quantitative estimate of drug-likeness (QED) is 0.639. The summed E-state index contributed by atoms with van der Waals surface area (Å²) in [6, 6.07) is 1.45. The summed E-state index contributed by atoms with van der Waals surface area (Å²) in [7, 11) is 1.52. The van der Waals surface area contributed by atoms with Gasteiger partial charge in [0.05, 0.1) is 22.1 Å². The maximum Gasteiger partial charge on any atom is 0.418 e. The fraction of sp³-hybridized carbons (Fsp3) is 0.500. The number of alkyl halides is 3. The van der Waals surface area contributed by atoms with E-state index in [9.17, 15) is 28.1 Å². The lowest BCUT2D eigenvalue weighted by Gasteiger charge is -2.35. The van der Waals surface area contributed by atoms with Crippen LogP contribution in [0, 0.1) is 10.1 Å². The fourth-order valence-corrected chi connectivity index (χ4v) is 2.86. The van der Waals surface area contributed by atoms with Crippen LogP contribution in [0.2, 0.25) is 5.02 Å². The molecule has 1 N–H and O–H groups in total. The fourth-order valence-electron chi connectivity index (χ4n) is 2.60. The minimum atomic E-state index is -4.77. The van der Waals surface area contributed by atoms with Crippen LogP contribution in [0.15, 0.2) is 12.1 Å². The molecule has 1 fully saturated rings. The van der Waals surface area contributed by atoms with Crippen molar-refractivity contribution in [1.82, 2.24) is 10.2 Å². The second-order valence-electron chi connectivity index (χ2n) is 5.51. The number of nitrogens with zero attached hydrogens (tertiary/aromatic N) is 3. The average molecular weight is 381 g/mol. The van der Waals surface area contributed by atoms with E-state index in [2.05, 4.69) is 5.32 Å². The molecule has 2 rings (SSSR count). The van der Waals surface area contributed by atoms with Gasteiger partial charge in [-0.15, -0.1) is 0 Å². The summed E-state index contributed by atoms with van der Waals surface area (Å²) in [6.07, 6.45) is -4.77. The van der Waals surface area contributed by atoms with Crippen LogP contribution < -0.4 is 10.2 Å². The Bertz CT molecular complexity index is 676. The Balaban J connectivity index is 2.24. The summed E-state index contributed by atoms with van der Waals surface area (Å²) in [5, 5.41) is 13.1. The highest BCUT2D eigenvalue weighted by Crippen LogP contribution is 2.41.